The van der Waals surface area contributed by atoms with Gasteiger partial charge >= 0.3 is 0 Å². The fourth-order valence-corrected chi connectivity index (χ4v) is 5.10. The second-order valence-electron chi connectivity index (χ2n) is 9.26. The van der Waals surface area contributed by atoms with Gasteiger partial charge in [-0.15, -0.1) is 0 Å². The van der Waals surface area contributed by atoms with Crippen LogP contribution in [0.1, 0.15) is 44.9 Å². The summed E-state index contributed by atoms with van der Waals surface area (Å²) in [5, 5.41) is 6.96. The number of hydrogen-bond donors (Lipinski definition) is 2. The van der Waals surface area contributed by atoms with Crippen molar-refractivity contribution >= 4 is 22.8 Å². The fraction of sp³-hybridized carbons (Fsp3) is 0.560. The van der Waals surface area contributed by atoms with Gasteiger partial charge in [-0.2, -0.15) is 9.97 Å². The molecule has 1 aliphatic carbocycles. The third-order valence-electron chi connectivity index (χ3n) is 6.93. The SMILES string of the molecule is CCN[C@H]1CC[C@H](CNc2nc(N3CCOCC3)cc(-n3c(C(F)F)nc4ccccc43)n2)CC1. The lowest BCUT2D eigenvalue weighted by Crippen LogP contribution is -2.37. The number of nitrogens with one attached hydrogen (secondary N) is 2. The maximum atomic E-state index is 14.0. The van der Waals surface area contributed by atoms with Crippen molar-refractivity contribution in [2.75, 3.05) is 49.6 Å². The Morgan fingerprint density at radius 2 is 1.77 bits per heavy atom. The Morgan fingerprint density at radius 1 is 1.03 bits per heavy atom. The fourth-order valence-electron chi connectivity index (χ4n) is 5.10. The highest BCUT2D eigenvalue weighted by Gasteiger charge is 2.24. The van der Waals surface area contributed by atoms with Crippen molar-refractivity contribution in [2.45, 2.75) is 45.1 Å². The molecule has 0 bridgehead atoms. The molecule has 0 atom stereocenters. The topological polar surface area (TPSA) is 80.1 Å². The van der Waals surface area contributed by atoms with Crippen LogP contribution in [0.4, 0.5) is 20.5 Å². The molecule has 0 spiro atoms. The van der Waals surface area contributed by atoms with E-state index < -0.39 is 6.43 Å². The minimum absolute atomic E-state index is 0.314. The first-order valence-electron chi connectivity index (χ1n) is 12.6. The first-order valence-corrected chi connectivity index (χ1v) is 12.6. The largest absolute Gasteiger partial charge is 0.378 e. The lowest BCUT2D eigenvalue weighted by atomic mass is 9.86. The molecule has 1 saturated carbocycles. The molecule has 1 aliphatic heterocycles. The summed E-state index contributed by atoms with van der Waals surface area (Å²) in [5.74, 6) is 1.77. The molecule has 1 aromatic carbocycles. The quantitative estimate of drug-likeness (QED) is 0.496. The molecule has 2 N–H and O–H groups in total. The van der Waals surface area contributed by atoms with Gasteiger partial charge in [-0.05, 0) is 50.3 Å². The van der Waals surface area contributed by atoms with E-state index in [-0.39, 0.29) is 5.82 Å². The summed E-state index contributed by atoms with van der Waals surface area (Å²) in [5.41, 5.74) is 1.11. The maximum absolute atomic E-state index is 14.0. The first kappa shape index (κ1) is 23.9. The average molecular weight is 486 g/mol. The summed E-state index contributed by atoms with van der Waals surface area (Å²) in [6, 6.07) is 9.53. The number of morpholine rings is 1. The lowest BCUT2D eigenvalue weighted by molar-refractivity contribution is 0.122. The number of rotatable bonds is 8. The van der Waals surface area contributed by atoms with Crippen LogP contribution in [0.25, 0.3) is 16.9 Å². The van der Waals surface area contributed by atoms with Crippen molar-refractivity contribution in [1.29, 1.82) is 0 Å². The smallest absolute Gasteiger partial charge is 0.296 e. The number of imidazole rings is 1. The molecule has 5 rings (SSSR count). The Balaban J connectivity index is 1.45. The molecule has 0 radical (unpaired) electrons. The van der Waals surface area contributed by atoms with Gasteiger partial charge in [0.2, 0.25) is 5.95 Å². The van der Waals surface area contributed by atoms with E-state index in [1.807, 2.05) is 6.07 Å². The van der Waals surface area contributed by atoms with E-state index in [2.05, 4.69) is 32.4 Å². The monoisotopic (exact) mass is 485 g/mol. The van der Waals surface area contributed by atoms with E-state index in [4.69, 9.17) is 9.72 Å². The van der Waals surface area contributed by atoms with Gasteiger partial charge in [0.15, 0.2) is 5.82 Å². The number of halogens is 2. The maximum Gasteiger partial charge on any atom is 0.296 e. The molecule has 10 heteroatoms. The highest BCUT2D eigenvalue weighted by Crippen LogP contribution is 2.30. The van der Waals surface area contributed by atoms with Gasteiger partial charge in [0.05, 0.1) is 24.2 Å². The molecule has 3 aromatic rings. The zero-order chi connectivity index (χ0) is 24.2. The lowest BCUT2D eigenvalue weighted by Gasteiger charge is -2.30. The second-order valence-corrected chi connectivity index (χ2v) is 9.26. The van der Waals surface area contributed by atoms with Gasteiger partial charge in [-0.25, -0.2) is 13.8 Å². The van der Waals surface area contributed by atoms with Crippen molar-refractivity contribution in [3.05, 3.63) is 36.2 Å². The number of para-hydroxylation sites is 2. The van der Waals surface area contributed by atoms with Crippen LogP contribution in [0.15, 0.2) is 30.3 Å². The summed E-state index contributed by atoms with van der Waals surface area (Å²) in [4.78, 5) is 15.8. The van der Waals surface area contributed by atoms with Crippen molar-refractivity contribution in [2.24, 2.45) is 5.92 Å². The van der Waals surface area contributed by atoms with Gasteiger partial charge in [-0.3, -0.25) is 4.57 Å². The van der Waals surface area contributed by atoms with E-state index >= 15 is 0 Å². The molecular formula is C25H33F2N7O. The van der Waals surface area contributed by atoms with Gasteiger partial charge < -0.3 is 20.3 Å². The van der Waals surface area contributed by atoms with Crippen LogP contribution < -0.4 is 15.5 Å². The Bertz CT molecular complexity index is 1120. The van der Waals surface area contributed by atoms with Crippen molar-refractivity contribution in [1.82, 2.24) is 24.8 Å². The molecule has 188 valence electrons. The van der Waals surface area contributed by atoms with E-state index in [1.165, 1.54) is 17.4 Å². The van der Waals surface area contributed by atoms with Crippen molar-refractivity contribution < 1.29 is 13.5 Å². The number of anilines is 2. The van der Waals surface area contributed by atoms with E-state index in [0.29, 0.717) is 66.9 Å². The minimum atomic E-state index is -2.73. The molecule has 2 fully saturated rings. The Kier molecular flexibility index (Phi) is 7.38. The molecule has 2 aliphatic rings. The van der Waals surface area contributed by atoms with Gasteiger partial charge in [0.25, 0.3) is 6.43 Å². The van der Waals surface area contributed by atoms with Crippen LogP contribution in [0.3, 0.4) is 0 Å². The van der Waals surface area contributed by atoms with Crippen LogP contribution >= 0.6 is 0 Å². The van der Waals surface area contributed by atoms with E-state index in [9.17, 15) is 8.78 Å². The predicted molar refractivity (Wildman–Crippen MR) is 133 cm³/mol. The number of benzene rings is 1. The highest BCUT2D eigenvalue weighted by atomic mass is 19.3. The van der Waals surface area contributed by atoms with Crippen LogP contribution in [0.2, 0.25) is 0 Å². The number of hydrogen-bond acceptors (Lipinski definition) is 7. The van der Waals surface area contributed by atoms with Gasteiger partial charge in [-0.1, -0.05) is 19.1 Å². The molecule has 0 unspecified atom stereocenters. The second kappa shape index (κ2) is 10.8. The van der Waals surface area contributed by atoms with Gasteiger partial charge in [0.1, 0.15) is 11.6 Å². The Morgan fingerprint density at radius 3 is 2.51 bits per heavy atom. The minimum Gasteiger partial charge on any atom is -0.378 e. The molecule has 1 saturated heterocycles. The normalized spacial score (nSPS) is 21.1. The summed E-state index contributed by atoms with van der Waals surface area (Å²) < 4.78 is 35.0. The Hall–Kier alpha value is -2.85. The molecule has 3 heterocycles. The van der Waals surface area contributed by atoms with E-state index in [0.717, 1.165) is 25.9 Å². The van der Waals surface area contributed by atoms with Gasteiger partial charge in [0, 0.05) is 31.7 Å². The molecule has 0 amide bonds. The van der Waals surface area contributed by atoms with Crippen LogP contribution in [0, 0.1) is 5.92 Å². The zero-order valence-electron chi connectivity index (χ0n) is 20.1. The van der Waals surface area contributed by atoms with Crippen LogP contribution in [0.5, 0.6) is 0 Å². The summed E-state index contributed by atoms with van der Waals surface area (Å²) >= 11 is 0. The predicted octanol–water partition coefficient (Wildman–Crippen LogP) is 4.17. The summed E-state index contributed by atoms with van der Waals surface area (Å²) in [6.07, 6.45) is 1.88. The zero-order valence-corrected chi connectivity index (χ0v) is 20.1. The molecule has 8 nitrogen and oxygen atoms in total. The average Bonchev–Trinajstić information content (AvgIpc) is 3.29. The van der Waals surface area contributed by atoms with E-state index in [1.54, 1.807) is 24.3 Å². The number of ether oxygens (including phenoxy) is 1. The van der Waals surface area contributed by atoms with Crippen LogP contribution in [-0.2, 0) is 4.74 Å². The number of aromatic nitrogens is 4. The first-order chi connectivity index (χ1) is 17.1. The number of fused-ring (bicyclic) bond motifs is 1. The van der Waals surface area contributed by atoms with Crippen molar-refractivity contribution in [3.63, 3.8) is 0 Å². The summed E-state index contributed by atoms with van der Waals surface area (Å²) in [6.45, 7) is 6.50. The molecule has 35 heavy (non-hydrogen) atoms. The third kappa shape index (κ3) is 5.38. The molecule has 2 aromatic heterocycles. The van der Waals surface area contributed by atoms with Crippen molar-refractivity contribution in [3.8, 4) is 5.82 Å². The Labute approximate surface area is 204 Å². The molecular weight excluding hydrogens is 452 g/mol. The van der Waals surface area contributed by atoms with Crippen LogP contribution in [-0.4, -0.2) is 65.0 Å². The third-order valence-corrected chi connectivity index (χ3v) is 6.93. The number of nitrogens with zero attached hydrogens (tertiary/aromatic N) is 5. The number of alkyl halides is 2. The summed E-state index contributed by atoms with van der Waals surface area (Å²) in [7, 11) is 0. The highest BCUT2D eigenvalue weighted by molar-refractivity contribution is 5.78. The standard InChI is InChI=1S/C25H33F2N7O/c1-2-28-18-9-7-17(8-10-18)16-29-25-31-21(33-11-13-35-14-12-33)15-22(32-25)34-20-6-4-3-5-19(20)30-24(34)23(26)27/h3-6,15,17-18,23,28H,2,7-14,16H2,1H3,(H,29,31,32)/t17-,18-.